The zero-order valence-corrected chi connectivity index (χ0v) is 12.0. The molecule has 3 heteroatoms. The number of aryl methyl sites for hydroxylation is 1. The van der Waals surface area contributed by atoms with Gasteiger partial charge in [-0.25, -0.2) is 0 Å². The summed E-state index contributed by atoms with van der Waals surface area (Å²) in [4.78, 5) is 0. The molecular weight excluding hydrogens is 246 g/mol. The average molecular weight is 268 g/mol. The molecule has 1 aromatic carbocycles. The Morgan fingerprint density at radius 3 is 2.94 bits per heavy atom. The Morgan fingerprint density at radius 2 is 2.33 bits per heavy atom. The van der Waals surface area contributed by atoms with Gasteiger partial charge >= 0.3 is 0 Å². The molecule has 0 radical (unpaired) electrons. The molecule has 1 aliphatic rings. The van der Waals surface area contributed by atoms with Crippen LogP contribution in [0.25, 0.3) is 0 Å². The predicted molar refractivity (Wildman–Crippen MR) is 76.1 cm³/mol. The van der Waals surface area contributed by atoms with Crippen molar-refractivity contribution in [3.63, 3.8) is 0 Å². The molecule has 100 valence electrons. The Hall–Kier alpha value is -0.570. The number of ether oxygens (including phenoxy) is 1. The number of halogens is 1. The Bertz CT molecular complexity index is 388. The first kappa shape index (κ1) is 13.9. The van der Waals surface area contributed by atoms with Gasteiger partial charge in [0.2, 0.25) is 0 Å². The van der Waals surface area contributed by atoms with Gasteiger partial charge in [-0.3, -0.25) is 0 Å². The van der Waals surface area contributed by atoms with Crippen molar-refractivity contribution in [2.24, 2.45) is 5.92 Å². The molecule has 0 aliphatic carbocycles. The first-order chi connectivity index (χ1) is 8.72. The van der Waals surface area contributed by atoms with E-state index < -0.39 is 0 Å². The fourth-order valence-corrected chi connectivity index (χ4v) is 2.65. The Labute approximate surface area is 115 Å². The van der Waals surface area contributed by atoms with Crippen LogP contribution >= 0.6 is 11.6 Å². The molecule has 1 N–H and O–H groups in total. The van der Waals surface area contributed by atoms with Crippen molar-refractivity contribution < 1.29 is 4.74 Å². The fraction of sp³-hybridized carbons (Fsp3) is 0.600. The van der Waals surface area contributed by atoms with Crippen LogP contribution in [0, 0.1) is 12.8 Å². The highest BCUT2D eigenvalue weighted by atomic mass is 35.5. The van der Waals surface area contributed by atoms with Crippen LogP contribution in [-0.2, 0) is 4.74 Å². The maximum Gasteiger partial charge on any atom is 0.0513 e. The number of nitrogens with one attached hydrogen (secondary N) is 1. The van der Waals surface area contributed by atoms with Crippen molar-refractivity contribution >= 4 is 11.6 Å². The summed E-state index contributed by atoms with van der Waals surface area (Å²) in [7, 11) is 0. The monoisotopic (exact) mass is 267 g/mol. The zero-order valence-electron chi connectivity index (χ0n) is 11.2. The zero-order chi connectivity index (χ0) is 13.0. The molecule has 0 bridgehead atoms. The quantitative estimate of drug-likeness (QED) is 0.878. The third-order valence-corrected chi connectivity index (χ3v) is 4.02. The lowest BCUT2D eigenvalue weighted by Crippen LogP contribution is -2.29. The summed E-state index contributed by atoms with van der Waals surface area (Å²) in [5.41, 5.74) is 2.48. The normalized spacial score (nSPS) is 21.2. The van der Waals surface area contributed by atoms with E-state index in [1.54, 1.807) is 0 Å². The Balaban J connectivity index is 2.17. The molecule has 2 atom stereocenters. The largest absolute Gasteiger partial charge is 0.381 e. The summed E-state index contributed by atoms with van der Waals surface area (Å²) in [5.74, 6) is 0.581. The smallest absolute Gasteiger partial charge is 0.0513 e. The number of hydrogen-bond acceptors (Lipinski definition) is 2. The molecule has 2 nitrogen and oxygen atoms in total. The summed E-state index contributed by atoms with van der Waals surface area (Å²) < 4.78 is 5.53. The maximum atomic E-state index is 6.10. The third-order valence-electron chi connectivity index (χ3n) is 3.59. The van der Waals surface area contributed by atoms with E-state index in [0.29, 0.717) is 12.0 Å². The van der Waals surface area contributed by atoms with Crippen LogP contribution in [0.5, 0.6) is 0 Å². The topological polar surface area (TPSA) is 21.3 Å². The van der Waals surface area contributed by atoms with Crippen LogP contribution < -0.4 is 5.32 Å². The molecule has 0 amide bonds. The molecule has 1 heterocycles. The molecule has 0 spiro atoms. The summed E-state index contributed by atoms with van der Waals surface area (Å²) >= 11 is 6.10. The summed E-state index contributed by atoms with van der Waals surface area (Å²) in [6, 6.07) is 6.74. The molecule has 1 fully saturated rings. The van der Waals surface area contributed by atoms with Crippen LogP contribution in [0.3, 0.4) is 0 Å². The number of rotatable bonds is 5. The van der Waals surface area contributed by atoms with Crippen LogP contribution in [0.4, 0.5) is 0 Å². The molecule has 2 unspecified atom stereocenters. The van der Waals surface area contributed by atoms with Gasteiger partial charge in [0.05, 0.1) is 6.61 Å². The Morgan fingerprint density at radius 1 is 1.50 bits per heavy atom. The lowest BCUT2D eigenvalue weighted by atomic mass is 9.91. The first-order valence-electron chi connectivity index (χ1n) is 6.79. The second-order valence-electron chi connectivity index (χ2n) is 5.06. The van der Waals surface area contributed by atoms with E-state index >= 15 is 0 Å². The molecular formula is C15H22ClNO. The van der Waals surface area contributed by atoms with Gasteiger partial charge in [-0.1, -0.05) is 30.7 Å². The van der Waals surface area contributed by atoms with E-state index in [2.05, 4.69) is 31.3 Å². The second kappa shape index (κ2) is 6.55. The molecule has 1 aliphatic heterocycles. The third kappa shape index (κ3) is 3.25. The number of hydrogen-bond donors (Lipinski definition) is 1. The van der Waals surface area contributed by atoms with E-state index in [-0.39, 0.29) is 0 Å². The van der Waals surface area contributed by atoms with Crippen molar-refractivity contribution in [2.45, 2.75) is 32.7 Å². The lowest BCUT2D eigenvalue weighted by Gasteiger charge is -2.24. The summed E-state index contributed by atoms with van der Waals surface area (Å²) in [5, 5.41) is 4.49. The van der Waals surface area contributed by atoms with Crippen LogP contribution in [0.15, 0.2) is 18.2 Å². The van der Waals surface area contributed by atoms with Crippen molar-refractivity contribution in [3.05, 3.63) is 34.3 Å². The van der Waals surface area contributed by atoms with Crippen molar-refractivity contribution in [2.75, 3.05) is 19.8 Å². The molecule has 2 rings (SSSR count). The van der Waals surface area contributed by atoms with E-state index in [0.717, 1.165) is 43.2 Å². The van der Waals surface area contributed by atoms with Gasteiger partial charge in [-0.05, 0) is 43.5 Å². The van der Waals surface area contributed by atoms with Crippen LogP contribution in [0.2, 0.25) is 5.02 Å². The SMILES string of the molecule is CCCNC(c1ccc(Cl)c(C)c1)C1CCOC1. The van der Waals surface area contributed by atoms with E-state index in [1.807, 2.05) is 6.07 Å². The minimum Gasteiger partial charge on any atom is -0.381 e. The molecule has 1 saturated heterocycles. The first-order valence-corrected chi connectivity index (χ1v) is 7.17. The van der Waals surface area contributed by atoms with E-state index in [4.69, 9.17) is 16.3 Å². The van der Waals surface area contributed by atoms with Crippen LogP contribution in [0.1, 0.15) is 36.9 Å². The number of benzene rings is 1. The van der Waals surface area contributed by atoms with Gasteiger partial charge in [0.15, 0.2) is 0 Å². The van der Waals surface area contributed by atoms with E-state index in [9.17, 15) is 0 Å². The van der Waals surface area contributed by atoms with Crippen LogP contribution in [-0.4, -0.2) is 19.8 Å². The minimum atomic E-state index is 0.392. The highest BCUT2D eigenvalue weighted by molar-refractivity contribution is 6.31. The maximum absolute atomic E-state index is 6.10. The van der Waals surface area contributed by atoms with Gasteiger partial charge in [0.1, 0.15) is 0 Å². The van der Waals surface area contributed by atoms with Gasteiger partial charge in [-0.15, -0.1) is 0 Å². The van der Waals surface area contributed by atoms with Crippen molar-refractivity contribution in [1.82, 2.24) is 5.32 Å². The highest BCUT2D eigenvalue weighted by Crippen LogP contribution is 2.30. The van der Waals surface area contributed by atoms with Gasteiger partial charge in [0, 0.05) is 23.6 Å². The molecule has 1 aromatic rings. The average Bonchev–Trinajstić information content (AvgIpc) is 2.88. The molecule has 0 saturated carbocycles. The molecule has 18 heavy (non-hydrogen) atoms. The van der Waals surface area contributed by atoms with Crippen molar-refractivity contribution in [3.8, 4) is 0 Å². The Kier molecular flexibility index (Phi) is 5.04. The van der Waals surface area contributed by atoms with Gasteiger partial charge in [0.25, 0.3) is 0 Å². The van der Waals surface area contributed by atoms with Crippen molar-refractivity contribution in [1.29, 1.82) is 0 Å². The summed E-state index contributed by atoms with van der Waals surface area (Å²) in [6.07, 6.45) is 2.29. The van der Waals surface area contributed by atoms with Gasteiger partial charge in [-0.2, -0.15) is 0 Å². The minimum absolute atomic E-state index is 0.392. The molecule has 0 aromatic heterocycles. The predicted octanol–water partition coefficient (Wildman–Crippen LogP) is 3.73. The summed E-state index contributed by atoms with van der Waals surface area (Å²) in [6.45, 7) is 7.06. The van der Waals surface area contributed by atoms with E-state index in [1.165, 1.54) is 5.56 Å². The highest BCUT2D eigenvalue weighted by Gasteiger charge is 2.26. The van der Waals surface area contributed by atoms with Gasteiger partial charge < -0.3 is 10.1 Å². The lowest BCUT2D eigenvalue weighted by molar-refractivity contribution is 0.176. The fourth-order valence-electron chi connectivity index (χ4n) is 2.53. The second-order valence-corrected chi connectivity index (χ2v) is 5.47. The standard InChI is InChI=1S/C15H22ClNO/c1-3-7-17-15(13-6-8-18-10-13)12-4-5-14(16)11(2)9-12/h4-5,9,13,15,17H,3,6-8,10H2,1-2H3.